The van der Waals surface area contributed by atoms with Gasteiger partial charge in [0.25, 0.3) is 15.9 Å². The second-order valence-corrected chi connectivity index (χ2v) is 10.1. The minimum absolute atomic E-state index is 0.0392. The number of methoxy groups -OCH3 is 4. The van der Waals surface area contributed by atoms with Crippen LogP contribution < -0.4 is 23.9 Å². The van der Waals surface area contributed by atoms with E-state index in [-0.39, 0.29) is 27.1 Å². The number of anilines is 1. The third-order valence-electron chi connectivity index (χ3n) is 5.37. The summed E-state index contributed by atoms with van der Waals surface area (Å²) in [5.74, 6) is -0.549. The molecule has 0 aliphatic heterocycles. The van der Waals surface area contributed by atoms with Crippen LogP contribution in [0.25, 0.3) is 0 Å². The molecule has 0 radical (unpaired) electrons. The number of hydrogen-bond donors (Lipinski definition) is 1. The number of esters is 1. The molecule has 1 N–H and O–H groups in total. The van der Waals surface area contributed by atoms with Crippen molar-refractivity contribution in [2.24, 2.45) is 5.10 Å². The van der Waals surface area contributed by atoms with Gasteiger partial charge in [-0.2, -0.15) is 5.10 Å². The number of rotatable bonds is 11. The summed E-state index contributed by atoms with van der Waals surface area (Å²) in [6.07, 6.45) is 1.34. The Bertz CT molecular complexity index is 1480. The predicted octanol–water partition coefficient (Wildman–Crippen LogP) is 3.50. The largest absolute Gasteiger partial charge is 0.495 e. The lowest BCUT2D eigenvalue weighted by Crippen LogP contribution is -2.39. The molecule has 0 aromatic heterocycles. The van der Waals surface area contributed by atoms with E-state index in [0.29, 0.717) is 16.9 Å². The van der Waals surface area contributed by atoms with Crippen molar-refractivity contribution in [2.75, 3.05) is 39.3 Å². The number of sulfonamides is 1. The third kappa shape index (κ3) is 6.98. The summed E-state index contributed by atoms with van der Waals surface area (Å²) >= 11 is 6.16. The van der Waals surface area contributed by atoms with Crippen LogP contribution in [-0.2, 0) is 19.6 Å². The molecule has 206 valence electrons. The Labute approximate surface area is 230 Å². The molecule has 3 aromatic rings. The standard InChI is InChI=1S/C26H26ClN3O8S/c1-35-22-11-9-19(27)13-21(22)30(39(33,34)20-10-12-23(36-2)24(14-20)37-3)16-25(31)29-28-15-17-5-7-18(8-6-17)26(32)38-4/h5-15H,16H2,1-4H3,(H,29,31)/b28-15-. The van der Waals surface area contributed by atoms with E-state index in [1.807, 2.05) is 0 Å². The van der Waals surface area contributed by atoms with E-state index >= 15 is 0 Å². The van der Waals surface area contributed by atoms with Crippen molar-refractivity contribution in [1.82, 2.24) is 5.43 Å². The zero-order chi connectivity index (χ0) is 28.6. The molecular formula is C26H26ClN3O8S. The molecule has 0 atom stereocenters. The molecule has 0 bridgehead atoms. The number of hydrogen-bond acceptors (Lipinski definition) is 9. The Morgan fingerprint density at radius 1 is 0.897 bits per heavy atom. The lowest BCUT2D eigenvalue weighted by Gasteiger charge is -2.25. The summed E-state index contributed by atoms with van der Waals surface area (Å²) in [4.78, 5) is 24.3. The Kier molecular flexibility index (Phi) is 9.74. The van der Waals surface area contributed by atoms with Crippen molar-refractivity contribution >= 4 is 45.4 Å². The first-order valence-corrected chi connectivity index (χ1v) is 13.0. The summed E-state index contributed by atoms with van der Waals surface area (Å²) in [7, 11) is 1.10. The number of carbonyl (C=O) groups is 2. The maximum absolute atomic E-state index is 13.8. The number of carbonyl (C=O) groups excluding carboxylic acids is 2. The Balaban J connectivity index is 1.92. The molecule has 0 saturated carbocycles. The molecule has 0 spiro atoms. The summed E-state index contributed by atoms with van der Waals surface area (Å²) in [6, 6.07) is 14.7. The summed E-state index contributed by atoms with van der Waals surface area (Å²) in [6.45, 7) is -0.661. The maximum Gasteiger partial charge on any atom is 0.337 e. The van der Waals surface area contributed by atoms with Gasteiger partial charge in [0.2, 0.25) is 0 Å². The number of halogens is 1. The van der Waals surface area contributed by atoms with E-state index in [0.717, 1.165) is 4.31 Å². The molecule has 3 rings (SSSR count). The lowest BCUT2D eigenvalue weighted by atomic mass is 10.1. The van der Waals surface area contributed by atoms with E-state index in [1.54, 1.807) is 12.1 Å². The van der Waals surface area contributed by atoms with Crippen LogP contribution in [0.5, 0.6) is 17.2 Å². The van der Waals surface area contributed by atoms with Gasteiger partial charge in [-0.1, -0.05) is 23.7 Å². The fourth-order valence-corrected chi connectivity index (χ4v) is 5.04. The molecule has 11 nitrogen and oxygen atoms in total. The molecule has 0 aliphatic rings. The third-order valence-corrected chi connectivity index (χ3v) is 7.37. The van der Waals surface area contributed by atoms with Gasteiger partial charge in [-0.3, -0.25) is 9.10 Å². The molecule has 0 aliphatic carbocycles. The average Bonchev–Trinajstić information content (AvgIpc) is 2.95. The molecule has 0 fully saturated rings. The van der Waals surface area contributed by atoms with E-state index in [9.17, 15) is 18.0 Å². The highest BCUT2D eigenvalue weighted by atomic mass is 35.5. The number of benzene rings is 3. The highest BCUT2D eigenvalue weighted by molar-refractivity contribution is 7.92. The van der Waals surface area contributed by atoms with E-state index in [4.69, 9.17) is 25.8 Å². The van der Waals surface area contributed by atoms with E-state index in [2.05, 4.69) is 15.3 Å². The molecule has 13 heteroatoms. The molecule has 0 heterocycles. The molecule has 0 unspecified atom stereocenters. The number of amides is 1. The van der Waals surface area contributed by atoms with Gasteiger partial charge in [0.05, 0.1) is 50.8 Å². The quantitative estimate of drug-likeness (QED) is 0.209. The summed E-state index contributed by atoms with van der Waals surface area (Å²) < 4.78 is 48.9. The smallest absolute Gasteiger partial charge is 0.337 e. The number of nitrogens with one attached hydrogen (secondary N) is 1. The van der Waals surface area contributed by atoms with Crippen molar-refractivity contribution in [1.29, 1.82) is 0 Å². The molecule has 3 aromatic carbocycles. The average molecular weight is 576 g/mol. The zero-order valence-electron chi connectivity index (χ0n) is 21.5. The fourth-order valence-electron chi connectivity index (χ4n) is 3.43. The monoisotopic (exact) mass is 575 g/mol. The van der Waals surface area contributed by atoms with Crippen LogP contribution in [0.2, 0.25) is 5.02 Å². The fraction of sp³-hybridized carbons (Fsp3) is 0.192. The van der Waals surface area contributed by atoms with Crippen molar-refractivity contribution in [2.45, 2.75) is 4.90 Å². The second kappa shape index (κ2) is 13.0. The highest BCUT2D eigenvalue weighted by Crippen LogP contribution is 2.36. The summed E-state index contributed by atoms with van der Waals surface area (Å²) in [5.41, 5.74) is 3.28. The van der Waals surface area contributed by atoms with E-state index in [1.165, 1.54) is 83.2 Å². The second-order valence-electron chi connectivity index (χ2n) is 7.75. The van der Waals surface area contributed by atoms with Gasteiger partial charge in [0.15, 0.2) is 11.5 Å². The van der Waals surface area contributed by atoms with Crippen molar-refractivity contribution in [3.63, 3.8) is 0 Å². The van der Waals surface area contributed by atoms with Crippen LogP contribution in [0, 0.1) is 0 Å². The number of ether oxygens (including phenoxy) is 4. The Morgan fingerprint density at radius 2 is 1.54 bits per heavy atom. The van der Waals surface area contributed by atoms with Gasteiger partial charge >= 0.3 is 5.97 Å². The maximum atomic E-state index is 13.8. The Hall–Kier alpha value is -4.29. The first-order chi connectivity index (χ1) is 18.6. The van der Waals surface area contributed by atoms with Gasteiger partial charge in [0.1, 0.15) is 12.3 Å². The van der Waals surface area contributed by atoms with Gasteiger partial charge < -0.3 is 18.9 Å². The Morgan fingerprint density at radius 3 is 2.15 bits per heavy atom. The zero-order valence-corrected chi connectivity index (χ0v) is 23.1. The van der Waals surface area contributed by atoms with Gasteiger partial charge in [-0.15, -0.1) is 0 Å². The molecule has 0 saturated heterocycles. The van der Waals surface area contributed by atoms with Crippen LogP contribution in [0.1, 0.15) is 15.9 Å². The van der Waals surface area contributed by atoms with Crippen LogP contribution in [-0.4, -0.2) is 61.5 Å². The lowest BCUT2D eigenvalue weighted by molar-refractivity contribution is -0.119. The first kappa shape index (κ1) is 29.3. The predicted molar refractivity (Wildman–Crippen MR) is 146 cm³/mol. The normalized spacial score (nSPS) is 11.1. The minimum atomic E-state index is -4.35. The molecule has 1 amide bonds. The number of nitrogens with zero attached hydrogens (tertiary/aromatic N) is 2. The molecular weight excluding hydrogens is 550 g/mol. The first-order valence-electron chi connectivity index (χ1n) is 11.2. The van der Waals surface area contributed by atoms with Gasteiger partial charge in [-0.25, -0.2) is 18.6 Å². The SMILES string of the molecule is COC(=O)c1ccc(/C=N\NC(=O)CN(c2cc(Cl)ccc2OC)S(=O)(=O)c2ccc(OC)c(OC)c2)cc1. The van der Waals surface area contributed by atoms with Crippen LogP contribution in [0.3, 0.4) is 0 Å². The number of hydrazone groups is 1. The van der Waals surface area contributed by atoms with Crippen LogP contribution in [0.4, 0.5) is 5.69 Å². The van der Waals surface area contributed by atoms with Crippen molar-refractivity contribution in [3.05, 3.63) is 76.8 Å². The van der Waals surface area contributed by atoms with Gasteiger partial charge in [0, 0.05) is 11.1 Å². The molecule has 39 heavy (non-hydrogen) atoms. The van der Waals surface area contributed by atoms with Gasteiger partial charge in [-0.05, 0) is 48.0 Å². The highest BCUT2D eigenvalue weighted by Gasteiger charge is 2.30. The van der Waals surface area contributed by atoms with Crippen molar-refractivity contribution in [3.8, 4) is 17.2 Å². The van der Waals surface area contributed by atoms with E-state index < -0.39 is 28.4 Å². The minimum Gasteiger partial charge on any atom is -0.495 e. The van der Waals surface area contributed by atoms with Crippen LogP contribution >= 0.6 is 11.6 Å². The summed E-state index contributed by atoms with van der Waals surface area (Å²) in [5, 5.41) is 4.12. The topological polar surface area (TPSA) is 133 Å². The van der Waals surface area contributed by atoms with Crippen LogP contribution in [0.15, 0.2) is 70.7 Å². The van der Waals surface area contributed by atoms with Crippen molar-refractivity contribution < 1.29 is 37.0 Å².